The molecule has 6 nitrogen and oxygen atoms in total. The van der Waals surface area contributed by atoms with Gasteiger partial charge in [0.15, 0.2) is 0 Å². The van der Waals surface area contributed by atoms with Gasteiger partial charge in [0, 0.05) is 26.2 Å². The fourth-order valence-corrected chi connectivity index (χ4v) is 5.28. The molecule has 1 amide bonds. The van der Waals surface area contributed by atoms with Gasteiger partial charge >= 0.3 is 0 Å². The lowest BCUT2D eigenvalue weighted by molar-refractivity contribution is -0.136. The van der Waals surface area contributed by atoms with Crippen LogP contribution in [0, 0.1) is 17.2 Å². The standard InChI is InChI=1S/C18H26FN3O3S.ClH/c1-18(12-20)8-10-21(13-18)17(23)14-3-2-9-22(11-14)26(24,25)16-6-4-15(19)5-7-16;/h4-7,14H,2-3,8-13,20H2,1H3;1H. The molecule has 2 saturated heterocycles. The number of hydrogen-bond acceptors (Lipinski definition) is 4. The molecule has 0 bridgehead atoms. The van der Waals surface area contributed by atoms with E-state index < -0.39 is 15.8 Å². The number of amides is 1. The van der Waals surface area contributed by atoms with Gasteiger partial charge in [-0.1, -0.05) is 6.92 Å². The predicted octanol–water partition coefficient (Wildman–Crippen LogP) is 1.85. The van der Waals surface area contributed by atoms with E-state index in [0.717, 1.165) is 18.6 Å². The zero-order valence-corrected chi connectivity index (χ0v) is 17.1. The third-order valence-electron chi connectivity index (χ3n) is 5.55. The molecule has 2 atom stereocenters. The normalized spacial score (nSPS) is 26.6. The molecule has 2 fully saturated rings. The van der Waals surface area contributed by atoms with Gasteiger partial charge in [0.2, 0.25) is 15.9 Å². The summed E-state index contributed by atoms with van der Waals surface area (Å²) in [4.78, 5) is 14.8. The number of likely N-dealkylation sites (tertiary alicyclic amines) is 1. The van der Waals surface area contributed by atoms with Crippen molar-refractivity contribution in [3.8, 4) is 0 Å². The van der Waals surface area contributed by atoms with Crippen LogP contribution in [-0.2, 0) is 14.8 Å². The summed E-state index contributed by atoms with van der Waals surface area (Å²) in [5.74, 6) is -0.798. The minimum Gasteiger partial charge on any atom is -0.342 e. The van der Waals surface area contributed by atoms with Gasteiger partial charge in [-0.05, 0) is 55.5 Å². The molecular weight excluding hydrogens is 393 g/mol. The smallest absolute Gasteiger partial charge is 0.243 e. The van der Waals surface area contributed by atoms with Crippen molar-refractivity contribution in [1.29, 1.82) is 0 Å². The first kappa shape index (κ1) is 22.1. The first-order valence-electron chi connectivity index (χ1n) is 9.00. The largest absolute Gasteiger partial charge is 0.342 e. The second-order valence-corrected chi connectivity index (χ2v) is 9.62. The van der Waals surface area contributed by atoms with Gasteiger partial charge in [0.05, 0.1) is 10.8 Å². The Morgan fingerprint density at radius 3 is 2.56 bits per heavy atom. The Morgan fingerprint density at radius 1 is 1.30 bits per heavy atom. The van der Waals surface area contributed by atoms with Gasteiger partial charge in [-0.25, -0.2) is 12.8 Å². The lowest BCUT2D eigenvalue weighted by Crippen LogP contribution is -2.46. The summed E-state index contributed by atoms with van der Waals surface area (Å²) >= 11 is 0. The Kier molecular flexibility index (Phi) is 6.89. The topological polar surface area (TPSA) is 83.7 Å². The highest BCUT2D eigenvalue weighted by Crippen LogP contribution is 2.31. The molecule has 9 heteroatoms. The van der Waals surface area contributed by atoms with Crippen LogP contribution < -0.4 is 5.73 Å². The van der Waals surface area contributed by atoms with E-state index in [0.29, 0.717) is 39.0 Å². The average Bonchev–Trinajstić information content (AvgIpc) is 3.04. The van der Waals surface area contributed by atoms with Crippen molar-refractivity contribution in [3.05, 3.63) is 30.1 Å². The van der Waals surface area contributed by atoms with Crippen LogP contribution in [0.3, 0.4) is 0 Å². The van der Waals surface area contributed by atoms with Crippen LogP contribution in [0.5, 0.6) is 0 Å². The van der Waals surface area contributed by atoms with Gasteiger partial charge < -0.3 is 10.6 Å². The molecule has 0 saturated carbocycles. The molecule has 0 spiro atoms. The van der Waals surface area contributed by atoms with E-state index in [2.05, 4.69) is 6.92 Å². The van der Waals surface area contributed by atoms with E-state index >= 15 is 0 Å². The van der Waals surface area contributed by atoms with Gasteiger partial charge in [0.1, 0.15) is 5.82 Å². The summed E-state index contributed by atoms with van der Waals surface area (Å²) in [5, 5.41) is 0. The molecule has 2 unspecified atom stereocenters. The van der Waals surface area contributed by atoms with E-state index in [1.54, 1.807) is 0 Å². The highest BCUT2D eigenvalue weighted by molar-refractivity contribution is 7.89. The van der Waals surface area contributed by atoms with Gasteiger partial charge in [-0.3, -0.25) is 4.79 Å². The lowest BCUT2D eigenvalue weighted by atomic mass is 9.90. The van der Waals surface area contributed by atoms with Crippen LogP contribution in [-0.4, -0.2) is 56.3 Å². The summed E-state index contributed by atoms with van der Waals surface area (Å²) in [6.45, 7) is 4.47. The molecule has 0 aromatic heterocycles. The van der Waals surface area contributed by atoms with Crippen LogP contribution in [0.2, 0.25) is 0 Å². The number of hydrogen-bond donors (Lipinski definition) is 1. The van der Waals surface area contributed by atoms with Crippen LogP contribution in [0.1, 0.15) is 26.2 Å². The summed E-state index contributed by atoms with van der Waals surface area (Å²) in [5.41, 5.74) is 5.76. The zero-order chi connectivity index (χ0) is 18.9. The Hall–Kier alpha value is -1.22. The lowest BCUT2D eigenvalue weighted by Gasteiger charge is -2.33. The minimum atomic E-state index is -3.72. The summed E-state index contributed by atoms with van der Waals surface area (Å²) in [6, 6.07) is 4.81. The Bertz CT molecular complexity index is 775. The van der Waals surface area contributed by atoms with Crippen molar-refractivity contribution in [1.82, 2.24) is 9.21 Å². The van der Waals surface area contributed by atoms with Crippen molar-refractivity contribution in [2.45, 2.75) is 31.1 Å². The highest BCUT2D eigenvalue weighted by Gasteiger charge is 2.40. The van der Waals surface area contributed by atoms with Gasteiger partial charge in [0.25, 0.3) is 0 Å². The third kappa shape index (κ3) is 4.62. The van der Waals surface area contributed by atoms with Crippen molar-refractivity contribution in [2.75, 3.05) is 32.7 Å². The number of carbonyl (C=O) groups excluding carboxylic acids is 1. The van der Waals surface area contributed by atoms with E-state index in [9.17, 15) is 17.6 Å². The number of carbonyl (C=O) groups is 1. The van der Waals surface area contributed by atoms with Crippen molar-refractivity contribution in [2.24, 2.45) is 17.1 Å². The predicted molar refractivity (Wildman–Crippen MR) is 103 cm³/mol. The summed E-state index contributed by atoms with van der Waals surface area (Å²) < 4.78 is 40.0. The number of benzene rings is 1. The molecule has 152 valence electrons. The van der Waals surface area contributed by atoms with Crippen LogP contribution in [0.25, 0.3) is 0 Å². The Morgan fingerprint density at radius 2 is 1.96 bits per heavy atom. The fraction of sp³-hybridized carbons (Fsp3) is 0.611. The molecule has 2 N–H and O–H groups in total. The molecule has 1 aromatic carbocycles. The number of rotatable bonds is 4. The van der Waals surface area contributed by atoms with Crippen molar-refractivity contribution < 1.29 is 17.6 Å². The maximum absolute atomic E-state index is 13.1. The molecule has 0 radical (unpaired) electrons. The second-order valence-electron chi connectivity index (χ2n) is 7.68. The van der Waals surface area contributed by atoms with Crippen LogP contribution in [0.15, 0.2) is 29.2 Å². The Labute approximate surface area is 166 Å². The maximum atomic E-state index is 13.1. The molecular formula is C18H27ClFN3O3S. The summed E-state index contributed by atoms with van der Waals surface area (Å²) in [7, 11) is -3.72. The number of halogens is 2. The fourth-order valence-electron chi connectivity index (χ4n) is 3.75. The zero-order valence-electron chi connectivity index (χ0n) is 15.4. The number of sulfonamides is 1. The molecule has 3 rings (SSSR count). The van der Waals surface area contributed by atoms with E-state index in [1.165, 1.54) is 16.4 Å². The molecule has 1 aromatic rings. The molecule has 0 aliphatic carbocycles. The summed E-state index contributed by atoms with van der Waals surface area (Å²) in [6.07, 6.45) is 2.20. The molecule has 2 heterocycles. The minimum absolute atomic E-state index is 0. The molecule has 27 heavy (non-hydrogen) atoms. The second kappa shape index (κ2) is 8.43. The number of nitrogens with zero attached hydrogens (tertiary/aromatic N) is 2. The van der Waals surface area contributed by atoms with E-state index in [4.69, 9.17) is 5.73 Å². The highest BCUT2D eigenvalue weighted by atomic mass is 35.5. The van der Waals surface area contributed by atoms with Gasteiger partial charge in [-0.15, -0.1) is 12.4 Å². The van der Waals surface area contributed by atoms with E-state index in [-0.39, 0.29) is 41.1 Å². The van der Waals surface area contributed by atoms with Crippen LogP contribution in [0.4, 0.5) is 4.39 Å². The van der Waals surface area contributed by atoms with Crippen molar-refractivity contribution >= 4 is 28.3 Å². The molecule has 2 aliphatic rings. The van der Waals surface area contributed by atoms with Crippen molar-refractivity contribution in [3.63, 3.8) is 0 Å². The quantitative estimate of drug-likeness (QED) is 0.807. The Balaban J connectivity index is 0.00000261. The first-order valence-corrected chi connectivity index (χ1v) is 10.4. The number of piperidine rings is 1. The van der Waals surface area contributed by atoms with Gasteiger partial charge in [-0.2, -0.15) is 4.31 Å². The maximum Gasteiger partial charge on any atom is 0.243 e. The monoisotopic (exact) mass is 419 g/mol. The first-order chi connectivity index (χ1) is 12.2. The third-order valence-corrected chi connectivity index (χ3v) is 7.43. The molecule has 2 aliphatic heterocycles. The SMILES string of the molecule is CC1(CN)CCN(C(=O)C2CCCN(S(=O)(=O)c3ccc(F)cc3)C2)C1.Cl. The van der Waals surface area contributed by atoms with Crippen LogP contribution >= 0.6 is 12.4 Å². The number of nitrogens with two attached hydrogens (primary N) is 1. The average molecular weight is 420 g/mol. The van der Waals surface area contributed by atoms with E-state index in [1.807, 2.05) is 4.90 Å².